The van der Waals surface area contributed by atoms with Crippen molar-refractivity contribution in [2.45, 2.75) is 61.8 Å². The van der Waals surface area contributed by atoms with Crippen molar-refractivity contribution in [1.82, 2.24) is 15.2 Å². The molecule has 0 radical (unpaired) electrons. The molecule has 3 fully saturated rings. The Bertz CT molecular complexity index is 1090. The molecule has 0 bridgehead atoms. The van der Waals surface area contributed by atoms with Crippen molar-refractivity contribution in [3.63, 3.8) is 0 Å². The van der Waals surface area contributed by atoms with Gasteiger partial charge in [-0.1, -0.05) is 38.2 Å². The fraction of sp³-hybridized carbons (Fsp3) is 0.591. The molecular weight excluding hydrogens is 448 g/mol. The van der Waals surface area contributed by atoms with Crippen molar-refractivity contribution >= 4 is 32.6 Å². The smallest absolute Gasteiger partial charge is 0.297 e. The Morgan fingerprint density at radius 3 is 2.55 bits per heavy atom. The third-order valence-corrected chi connectivity index (χ3v) is 9.59. The molecule has 3 aliphatic rings. The zero-order chi connectivity index (χ0) is 23.9. The zero-order valence-electron chi connectivity index (χ0n) is 18.3. The predicted molar refractivity (Wildman–Crippen MR) is 117 cm³/mol. The molecule has 1 aromatic rings. The van der Waals surface area contributed by atoms with Crippen molar-refractivity contribution in [3.05, 3.63) is 30.1 Å². The van der Waals surface area contributed by atoms with Crippen LogP contribution in [0.3, 0.4) is 0 Å². The molecule has 1 saturated carbocycles. The van der Waals surface area contributed by atoms with Crippen LogP contribution < -0.4 is 11.1 Å². The number of sulfone groups is 1. The van der Waals surface area contributed by atoms with Crippen LogP contribution in [0.4, 0.5) is 0 Å². The molecule has 4 rings (SSSR count). The minimum atomic E-state index is -5.09. The molecule has 3 N–H and O–H groups in total. The number of pyridine rings is 1. The second-order valence-corrected chi connectivity index (χ2v) is 11.0. The van der Waals surface area contributed by atoms with E-state index in [0.29, 0.717) is 12.3 Å². The Kier molecular flexibility index (Phi) is 6.12. The van der Waals surface area contributed by atoms with E-state index in [0.717, 1.165) is 37.0 Å². The Hall–Kier alpha value is -2.66. The average Bonchev–Trinajstić information content (AvgIpc) is 3.34. The maximum absolute atomic E-state index is 13.8. The number of fused-ring (bicyclic) bond motifs is 1. The van der Waals surface area contributed by atoms with Crippen molar-refractivity contribution in [1.29, 1.82) is 0 Å². The number of nitrogens with zero attached hydrogens (tertiary/aromatic N) is 2. The van der Waals surface area contributed by atoms with Crippen LogP contribution in [0.15, 0.2) is 24.4 Å². The van der Waals surface area contributed by atoms with Gasteiger partial charge in [-0.2, -0.15) is 0 Å². The Balaban J connectivity index is 1.76. The van der Waals surface area contributed by atoms with Crippen molar-refractivity contribution in [2.75, 3.05) is 13.1 Å². The monoisotopic (exact) mass is 476 g/mol. The average molecular weight is 477 g/mol. The van der Waals surface area contributed by atoms with Crippen LogP contribution in [0, 0.1) is 5.92 Å². The summed E-state index contributed by atoms with van der Waals surface area (Å²) in [5, 5.41) is 1.24. The highest BCUT2D eigenvalue weighted by atomic mass is 32.2. The van der Waals surface area contributed by atoms with E-state index in [4.69, 9.17) is 5.73 Å². The van der Waals surface area contributed by atoms with Crippen LogP contribution in [0.5, 0.6) is 0 Å². The molecule has 2 unspecified atom stereocenters. The summed E-state index contributed by atoms with van der Waals surface area (Å²) in [5.41, 5.74) is 3.15. The lowest BCUT2D eigenvalue weighted by atomic mass is 9.86. The highest BCUT2D eigenvalue weighted by Crippen LogP contribution is 2.48. The maximum atomic E-state index is 13.8. The van der Waals surface area contributed by atoms with Crippen LogP contribution in [0.1, 0.15) is 61.9 Å². The number of hydrogen-bond donors (Lipinski definition) is 2. The highest BCUT2D eigenvalue weighted by Gasteiger charge is 2.79. The molecule has 10 nitrogen and oxygen atoms in total. The topological polar surface area (TPSA) is 157 Å². The quantitative estimate of drug-likeness (QED) is 0.594. The van der Waals surface area contributed by atoms with Crippen molar-refractivity contribution < 1.29 is 27.6 Å². The molecule has 178 valence electrons. The molecule has 2 aliphatic heterocycles. The second-order valence-electron chi connectivity index (χ2n) is 9.03. The van der Waals surface area contributed by atoms with Crippen LogP contribution in [-0.4, -0.2) is 64.5 Å². The van der Waals surface area contributed by atoms with Gasteiger partial charge in [-0.15, -0.1) is 0 Å². The van der Waals surface area contributed by atoms with E-state index >= 15 is 0 Å². The molecule has 1 aliphatic carbocycles. The van der Waals surface area contributed by atoms with Crippen molar-refractivity contribution in [2.24, 2.45) is 11.7 Å². The lowest BCUT2D eigenvalue weighted by Gasteiger charge is -2.39. The molecule has 0 aromatic carbocycles. The molecule has 11 heteroatoms. The number of likely N-dealkylation sites (tertiary alicyclic amines) is 1. The molecule has 2 atom stereocenters. The summed E-state index contributed by atoms with van der Waals surface area (Å²) in [7, 11) is -5.09. The summed E-state index contributed by atoms with van der Waals surface area (Å²) in [5.74, 6) is -2.24. The van der Waals surface area contributed by atoms with Crippen molar-refractivity contribution in [3.8, 4) is 0 Å². The summed E-state index contributed by atoms with van der Waals surface area (Å²) >= 11 is 0. The Morgan fingerprint density at radius 1 is 1.18 bits per heavy atom. The van der Waals surface area contributed by atoms with Gasteiger partial charge in [-0.25, -0.2) is 8.42 Å². The standard InChI is InChI=1S/C22H28N4O6S/c23-20(30)21-11-13-26(18(28)10-9-15-6-2-1-3-7-15)22(21,17(27)14-25-21)33(31,32)19(29)16-8-4-5-12-24-16/h4-5,8,12,15,25H,1-3,6-7,9-11,13-14H2,(H2,23,30). The lowest BCUT2D eigenvalue weighted by molar-refractivity contribution is -0.140. The summed E-state index contributed by atoms with van der Waals surface area (Å²) in [6, 6.07) is 4.15. The first-order chi connectivity index (χ1) is 15.7. The van der Waals surface area contributed by atoms with E-state index in [1.165, 1.54) is 24.4 Å². The second kappa shape index (κ2) is 8.60. The number of amides is 2. The number of ketones is 1. The summed E-state index contributed by atoms with van der Waals surface area (Å²) in [4.78, 5) is 54.4. The fourth-order valence-electron chi connectivity index (χ4n) is 5.68. The summed E-state index contributed by atoms with van der Waals surface area (Å²) < 4.78 is 27.7. The molecule has 1 aromatic heterocycles. The van der Waals surface area contributed by atoms with Gasteiger partial charge < -0.3 is 10.6 Å². The van der Waals surface area contributed by atoms with E-state index in [1.807, 2.05) is 0 Å². The molecule has 3 heterocycles. The van der Waals surface area contributed by atoms with E-state index in [2.05, 4.69) is 10.3 Å². The molecule has 2 amide bonds. The lowest BCUT2D eigenvalue weighted by Crippen LogP contribution is -2.72. The summed E-state index contributed by atoms with van der Waals surface area (Å²) in [6.45, 7) is -0.677. The van der Waals surface area contributed by atoms with Crippen LogP contribution in [0.2, 0.25) is 0 Å². The maximum Gasteiger partial charge on any atom is 0.297 e. The van der Waals surface area contributed by atoms with Gasteiger partial charge in [0.05, 0.1) is 6.54 Å². The van der Waals surface area contributed by atoms with Crippen LogP contribution in [0.25, 0.3) is 0 Å². The number of carbonyl (C=O) groups excluding carboxylic acids is 4. The number of primary amides is 1. The molecule has 33 heavy (non-hydrogen) atoms. The molecule has 2 saturated heterocycles. The van der Waals surface area contributed by atoms with Gasteiger partial charge in [0.25, 0.3) is 15.0 Å². The number of carbonyl (C=O) groups is 4. The largest absolute Gasteiger partial charge is 0.368 e. The van der Waals surface area contributed by atoms with E-state index in [9.17, 15) is 27.6 Å². The zero-order valence-corrected chi connectivity index (χ0v) is 19.1. The third kappa shape index (κ3) is 3.40. The van der Waals surface area contributed by atoms with Gasteiger partial charge in [-0.05, 0) is 30.9 Å². The Morgan fingerprint density at radius 2 is 1.91 bits per heavy atom. The number of nitrogens with one attached hydrogen (secondary N) is 1. The van der Waals surface area contributed by atoms with E-state index < -0.39 is 55.2 Å². The third-order valence-electron chi connectivity index (χ3n) is 7.32. The van der Waals surface area contributed by atoms with Gasteiger partial charge in [-0.3, -0.25) is 29.5 Å². The highest BCUT2D eigenvalue weighted by molar-refractivity contribution is 8.08. The predicted octanol–water partition coefficient (Wildman–Crippen LogP) is 0.322. The van der Waals surface area contributed by atoms with Gasteiger partial charge in [0.1, 0.15) is 11.2 Å². The van der Waals surface area contributed by atoms with Gasteiger partial charge in [0, 0.05) is 19.2 Å². The van der Waals surface area contributed by atoms with Crippen LogP contribution in [-0.2, 0) is 24.2 Å². The molecular formula is C22H28N4O6S. The van der Waals surface area contributed by atoms with E-state index in [-0.39, 0.29) is 19.4 Å². The normalized spacial score (nSPS) is 28.0. The number of aromatic nitrogens is 1. The number of rotatable bonds is 6. The van der Waals surface area contributed by atoms with Crippen LogP contribution >= 0.6 is 0 Å². The number of nitrogens with two attached hydrogens (primary N) is 1. The van der Waals surface area contributed by atoms with Gasteiger partial charge in [0.2, 0.25) is 16.7 Å². The number of Topliss-reactive ketones (excluding diaryl/α,β-unsaturated/α-hetero) is 1. The first-order valence-corrected chi connectivity index (χ1v) is 12.8. The van der Waals surface area contributed by atoms with E-state index in [1.54, 1.807) is 0 Å². The first-order valence-electron chi connectivity index (χ1n) is 11.3. The summed E-state index contributed by atoms with van der Waals surface area (Å²) in [6.07, 6.45) is 7.00. The first kappa shape index (κ1) is 23.5. The Labute approximate surface area is 192 Å². The number of hydrogen-bond acceptors (Lipinski definition) is 8. The van der Waals surface area contributed by atoms with Gasteiger partial charge >= 0.3 is 0 Å². The minimum absolute atomic E-state index is 0.0296. The minimum Gasteiger partial charge on any atom is -0.368 e. The molecule has 0 spiro atoms. The SMILES string of the molecule is NC(=O)C12CCN(C(=O)CCC3CCCCC3)C1(S(=O)(=O)C(=O)c1ccccn1)C(=O)CN2. The fourth-order valence-corrected chi connectivity index (χ4v) is 7.93. The van der Waals surface area contributed by atoms with Gasteiger partial charge in [0.15, 0.2) is 5.78 Å².